The van der Waals surface area contributed by atoms with Gasteiger partial charge in [-0.15, -0.1) is 0 Å². The molecule has 1 aromatic rings. The summed E-state index contributed by atoms with van der Waals surface area (Å²) in [5.74, 6) is 1.27. The molecule has 0 atom stereocenters. The van der Waals surface area contributed by atoms with E-state index in [9.17, 15) is 14.0 Å². The largest absolute Gasteiger partial charge is 0.455 e. The van der Waals surface area contributed by atoms with Gasteiger partial charge in [-0.1, -0.05) is 12.1 Å². The second-order valence-electron chi connectivity index (χ2n) is 8.12. The lowest BCUT2D eigenvalue weighted by Gasteiger charge is -2.55. The number of Topliss-reactive ketones (excluding diaryl/α,β-unsaturated/α-hetero) is 1. The monoisotopic (exact) mass is 342 g/mol. The SMILES string of the molecule is O=C(/C=C/c1cccc(F)c1)OCC(=O)C12CC3CC(CC(C3)C1)C2. The minimum Gasteiger partial charge on any atom is -0.455 e. The van der Waals surface area contributed by atoms with E-state index in [1.54, 1.807) is 12.1 Å². The number of halogens is 1. The molecule has 0 aromatic heterocycles. The fraction of sp³-hybridized carbons (Fsp3) is 0.524. The van der Waals surface area contributed by atoms with Gasteiger partial charge in [0.25, 0.3) is 0 Å². The van der Waals surface area contributed by atoms with Crippen LogP contribution >= 0.6 is 0 Å². The van der Waals surface area contributed by atoms with Crippen LogP contribution in [0.25, 0.3) is 6.08 Å². The van der Waals surface area contributed by atoms with Crippen molar-refractivity contribution < 1.29 is 18.7 Å². The molecule has 0 amide bonds. The second-order valence-corrected chi connectivity index (χ2v) is 8.12. The van der Waals surface area contributed by atoms with Crippen LogP contribution in [0.3, 0.4) is 0 Å². The smallest absolute Gasteiger partial charge is 0.331 e. The zero-order valence-corrected chi connectivity index (χ0v) is 14.2. The van der Waals surface area contributed by atoms with Gasteiger partial charge in [0.2, 0.25) is 0 Å². The fourth-order valence-corrected chi connectivity index (χ4v) is 5.56. The van der Waals surface area contributed by atoms with E-state index < -0.39 is 5.97 Å². The predicted octanol–water partition coefficient (Wildman–Crippen LogP) is 4.17. The number of hydrogen-bond acceptors (Lipinski definition) is 3. The highest BCUT2D eigenvalue weighted by Crippen LogP contribution is 2.60. The highest BCUT2D eigenvalue weighted by molar-refractivity contribution is 5.91. The first-order chi connectivity index (χ1) is 12.0. The number of rotatable bonds is 5. The summed E-state index contributed by atoms with van der Waals surface area (Å²) >= 11 is 0. The average Bonchev–Trinajstić information content (AvgIpc) is 2.56. The van der Waals surface area contributed by atoms with Crippen molar-refractivity contribution in [1.82, 2.24) is 0 Å². The van der Waals surface area contributed by atoms with Crippen LogP contribution in [-0.4, -0.2) is 18.4 Å². The molecule has 4 bridgehead atoms. The van der Waals surface area contributed by atoms with Gasteiger partial charge in [-0.3, -0.25) is 4.79 Å². The zero-order valence-electron chi connectivity index (χ0n) is 14.2. The molecule has 4 saturated carbocycles. The Labute approximate surface area is 147 Å². The van der Waals surface area contributed by atoms with E-state index in [0.717, 1.165) is 19.3 Å². The van der Waals surface area contributed by atoms with Gasteiger partial charge in [0, 0.05) is 11.5 Å². The molecule has 0 radical (unpaired) electrons. The number of carbonyl (C=O) groups is 2. The minimum absolute atomic E-state index is 0.0964. The molecule has 4 aliphatic carbocycles. The van der Waals surface area contributed by atoms with E-state index in [-0.39, 0.29) is 23.6 Å². The number of esters is 1. The highest BCUT2D eigenvalue weighted by Gasteiger charge is 2.54. The lowest BCUT2D eigenvalue weighted by Crippen LogP contribution is -2.51. The molecule has 5 rings (SSSR count). The highest BCUT2D eigenvalue weighted by atomic mass is 19.1. The Kier molecular flexibility index (Phi) is 4.22. The van der Waals surface area contributed by atoms with Gasteiger partial charge in [-0.2, -0.15) is 0 Å². The van der Waals surface area contributed by atoms with Crippen LogP contribution in [0.5, 0.6) is 0 Å². The first-order valence-electron chi connectivity index (χ1n) is 9.16. The van der Waals surface area contributed by atoms with Crippen LogP contribution < -0.4 is 0 Å². The third-order valence-corrected chi connectivity index (χ3v) is 6.24. The third kappa shape index (κ3) is 3.39. The van der Waals surface area contributed by atoms with Gasteiger partial charge >= 0.3 is 5.97 Å². The molecule has 0 unspecified atom stereocenters. The summed E-state index contributed by atoms with van der Waals surface area (Å²) in [5, 5.41) is 0. The van der Waals surface area contributed by atoms with Crippen LogP contribution in [0.15, 0.2) is 30.3 Å². The topological polar surface area (TPSA) is 43.4 Å². The minimum atomic E-state index is -0.553. The number of benzene rings is 1. The van der Waals surface area contributed by atoms with Crippen molar-refractivity contribution in [2.45, 2.75) is 38.5 Å². The summed E-state index contributed by atoms with van der Waals surface area (Å²) in [6, 6.07) is 5.97. The summed E-state index contributed by atoms with van der Waals surface area (Å²) in [5.41, 5.74) is 0.353. The molecule has 0 aliphatic heterocycles. The molecule has 132 valence electrons. The quantitative estimate of drug-likeness (QED) is 0.596. The molecule has 0 N–H and O–H groups in total. The second kappa shape index (κ2) is 6.40. The standard InChI is InChI=1S/C21H23FO3/c22-18-3-1-2-14(9-18)4-5-20(24)25-13-19(23)21-10-15-6-16(11-21)8-17(7-15)12-21/h1-5,9,15-17H,6-8,10-13H2/b5-4+. The van der Waals surface area contributed by atoms with Crippen molar-refractivity contribution in [3.63, 3.8) is 0 Å². The normalized spacial score (nSPS) is 32.9. The average molecular weight is 342 g/mol. The Bertz CT molecular complexity index is 686. The maximum atomic E-state index is 13.1. The summed E-state index contributed by atoms with van der Waals surface area (Å²) in [7, 11) is 0. The van der Waals surface area contributed by atoms with Crippen LogP contribution in [0.4, 0.5) is 4.39 Å². The number of carbonyl (C=O) groups excluding carboxylic acids is 2. The third-order valence-electron chi connectivity index (χ3n) is 6.24. The number of ketones is 1. The number of ether oxygens (including phenoxy) is 1. The van der Waals surface area contributed by atoms with Gasteiger partial charge in [-0.25, -0.2) is 9.18 Å². The van der Waals surface area contributed by atoms with E-state index >= 15 is 0 Å². The molecule has 0 saturated heterocycles. The summed E-state index contributed by atoms with van der Waals surface area (Å²) in [6.45, 7) is -0.140. The van der Waals surface area contributed by atoms with E-state index in [0.29, 0.717) is 23.3 Å². The lowest BCUT2D eigenvalue weighted by atomic mass is 9.48. The Morgan fingerprint density at radius 2 is 1.76 bits per heavy atom. The van der Waals surface area contributed by atoms with E-state index in [1.807, 2.05) is 0 Å². The van der Waals surface area contributed by atoms with E-state index in [4.69, 9.17) is 4.74 Å². The zero-order chi connectivity index (χ0) is 17.4. The predicted molar refractivity (Wildman–Crippen MR) is 92.0 cm³/mol. The molecule has 4 heteroatoms. The van der Waals surface area contributed by atoms with Crippen LogP contribution in [0, 0.1) is 29.0 Å². The number of hydrogen-bond donors (Lipinski definition) is 0. The first-order valence-corrected chi connectivity index (χ1v) is 9.16. The molecule has 0 spiro atoms. The first kappa shape index (κ1) is 16.5. The van der Waals surface area contributed by atoms with Gasteiger partial charge in [0.15, 0.2) is 12.4 Å². The van der Waals surface area contributed by atoms with Crippen molar-refractivity contribution in [2.24, 2.45) is 23.2 Å². The van der Waals surface area contributed by atoms with Gasteiger partial charge < -0.3 is 4.74 Å². The van der Waals surface area contributed by atoms with Gasteiger partial charge in [0.1, 0.15) is 5.82 Å². The van der Waals surface area contributed by atoms with Gasteiger partial charge in [-0.05, 0) is 80.1 Å². The van der Waals surface area contributed by atoms with E-state index in [1.165, 1.54) is 43.5 Å². The molecule has 0 heterocycles. The lowest BCUT2D eigenvalue weighted by molar-refractivity contribution is -0.155. The van der Waals surface area contributed by atoms with Crippen LogP contribution in [0.2, 0.25) is 0 Å². The molecular formula is C21H23FO3. The molecular weight excluding hydrogens is 319 g/mol. The summed E-state index contributed by atoms with van der Waals surface area (Å²) in [6.07, 6.45) is 9.54. The van der Waals surface area contributed by atoms with Crippen molar-refractivity contribution in [3.8, 4) is 0 Å². The Morgan fingerprint density at radius 3 is 2.36 bits per heavy atom. The summed E-state index contributed by atoms with van der Waals surface area (Å²) < 4.78 is 18.3. The maximum Gasteiger partial charge on any atom is 0.331 e. The van der Waals surface area contributed by atoms with Crippen molar-refractivity contribution in [1.29, 1.82) is 0 Å². The molecule has 3 nitrogen and oxygen atoms in total. The Hall–Kier alpha value is -1.97. The molecule has 25 heavy (non-hydrogen) atoms. The van der Waals surface area contributed by atoms with Crippen molar-refractivity contribution in [2.75, 3.05) is 6.61 Å². The van der Waals surface area contributed by atoms with Crippen LogP contribution in [0.1, 0.15) is 44.1 Å². The molecule has 1 aromatic carbocycles. The van der Waals surface area contributed by atoms with Crippen molar-refractivity contribution in [3.05, 3.63) is 41.7 Å². The fourth-order valence-electron chi connectivity index (χ4n) is 5.56. The molecule has 4 fully saturated rings. The maximum absolute atomic E-state index is 13.1. The van der Waals surface area contributed by atoms with Crippen LogP contribution in [-0.2, 0) is 14.3 Å². The van der Waals surface area contributed by atoms with Gasteiger partial charge in [0.05, 0.1) is 0 Å². The van der Waals surface area contributed by atoms with Crippen molar-refractivity contribution >= 4 is 17.8 Å². The van der Waals surface area contributed by atoms with E-state index in [2.05, 4.69) is 0 Å². The Morgan fingerprint density at radius 1 is 1.12 bits per heavy atom. The molecule has 4 aliphatic rings. The Balaban J connectivity index is 1.33. The summed E-state index contributed by atoms with van der Waals surface area (Å²) in [4.78, 5) is 24.6.